The fraction of sp³-hybridized carbons (Fsp3) is 0.739. The third-order valence-corrected chi connectivity index (χ3v) is 3.09. The van der Waals surface area contributed by atoms with E-state index in [1.807, 2.05) is 0 Å². The lowest BCUT2D eigenvalue weighted by molar-refractivity contribution is 0.737. The normalized spacial score (nSPS) is 9.00. The highest BCUT2D eigenvalue weighted by Crippen LogP contribution is 2.10. The van der Waals surface area contributed by atoms with Crippen molar-refractivity contribution < 1.29 is 0 Å². The van der Waals surface area contributed by atoms with Gasteiger partial charge in [0.2, 0.25) is 0 Å². The van der Waals surface area contributed by atoms with Gasteiger partial charge in [-0.05, 0) is 37.3 Å². The Kier molecular flexibility index (Phi) is 25.0. The molecule has 1 rings (SSSR count). The standard InChI is InChI=1S/C10H14.C5H12.2C4H10/c1-4-10-6-5-8(2)7-9(10)3;1-3-5-4-2;1-4(2)3;1-3-4-2/h5-7H,4H2,1-3H3;3-5H2,1-2H3;4H,1-3H3;3-4H2,1-2H3. The number of hydrogen-bond acceptors (Lipinski definition) is 0. The Balaban J connectivity index is -0.000000261. The summed E-state index contributed by atoms with van der Waals surface area (Å²) in [6.45, 7) is 21.8. The molecule has 0 heterocycles. The molecule has 0 aromatic heterocycles. The third-order valence-electron chi connectivity index (χ3n) is 3.09. The van der Waals surface area contributed by atoms with E-state index in [-0.39, 0.29) is 0 Å². The molecule has 0 heteroatoms. The lowest BCUT2D eigenvalue weighted by Gasteiger charge is -2.02. The van der Waals surface area contributed by atoms with Crippen LogP contribution < -0.4 is 0 Å². The summed E-state index contributed by atoms with van der Waals surface area (Å²) in [6, 6.07) is 6.62. The summed E-state index contributed by atoms with van der Waals surface area (Å²) in [5.41, 5.74) is 4.24. The van der Waals surface area contributed by atoms with Crippen LogP contribution in [-0.2, 0) is 6.42 Å². The second-order valence-corrected chi connectivity index (χ2v) is 6.87. The quantitative estimate of drug-likeness (QED) is 0.521. The molecule has 0 aliphatic carbocycles. The smallest absolute Gasteiger partial charge is 0.0305 e. The first-order valence-electron chi connectivity index (χ1n) is 9.86. The summed E-state index contributed by atoms with van der Waals surface area (Å²) in [4.78, 5) is 0. The highest BCUT2D eigenvalue weighted by Gasteiger charge is 1.93. The van der Waals surface area contributed by atoms with Gasteiger partial charge < -0.3 is 0 Å². The Morgan fingerprint density at radius 2 is 1.17 bits per heavy atom. The average Bonchev–Trinajstić information content (AvgIpc) is 2.48. The van der Waals surface area contributed by atoms with Crippen molar-refractivity contribution in [2.45, 2.75) is 108 Å². The minimum atomic E-state index is 0.833. The molecule has 23 heavy (non-hydrogen) atoms. The van der Waals surface area contributed by atoms with Gasteiger partial charge in [0.05, 0.1) is 0 Å². The molecule has 0 spiro atoms. The van der Waals surface area contributed by atoms with Crippen molar-refractivity contribution in [1.82, 2.24) is 0 Å². The topological polar surface area (TPSA) is 0 Å². The summed E-state index contributed by atoms with van der Waals surface area (Å²) >= 11 is 0. The van der Waals surface area contributed by atoms with Crippen molar-refractivity contribution in [3.05, 3.63) is 34.9 Å². The molecule has 0 aliphatic rings. The largest absolute Gasteiger partial charge is 0.0654 e. The van der Waals surface area contributed by atoms with E-state index in [0.717, 1.165) is 12.3 Å². The lowest BCUT2D eigenvalue weighted by Crippen LogP contribution is -1.85. The Morgan fingerprint density at radius 1 is 0.739 bits per heavy atom. The summed E-state index contributed by atoms with van der Waals surface area (Å²) in [5.74, 6) is 0.833. The van der Waals surface area contributed by atoms with Crippen LogP contribution in [-0.4, -0.2) is 0 Å². The SMILES string of the molecule is CC(C)C.CCCC.CCCCC.CCc1ccc(C)cc1C. The van der Waals surface area contributed by atoms with Gasteiger partial charge in [0.25, 0.3) is 0 Å². The fourth-order valence-electron chi connectivity index (χ4n) is 1.60. The van der Waals surface area contributed by atoms with Crippen LogP contribution in [0.4, 0.5) is 0 Å². The Hall–Kier alpha value is -0.780. The molecule has 0 radical (unpaired) electrons. The zero-order chi connectivity index (χ0) is 18.7. The van der Waals surface area contributed by atoms with Crippen LogP contribution in [0, 0.1) is 19.8 Å². The zero-order valence-corrected chi connectivity index (χ0v) is 18.1. The Labute approximate surface area is 149 Å². The zero-order valence-electron chi connectivity index (χ0n) is 18.1. The predicted molar refractivity (Wildman–Crippen MR) is 112 cm³/mol. The Morgan fingerprint density at radius 3 is 1.39 bits per heavy atom. The van der Waals surface area contributed by atoms with Crippen LogP contribution in [0.2, 0.25) is 0 Å². The molecule has 138 valence electrons. The molecule has 0 fully saturated rings. The molecule has 0 N–H and O–H groups in total. The molecule has 0 nitrogen and oxygen atoms in total. The van der Waals surface area contributed by atoms with Crippen molar-refractivity contribution in [3.8, 4) is 0 Å². The van der Waals surface area contributed by atoms with Gasteiger partial charge in [-0.15, -0.1) is 0 Å². The molecule has 0 unspecified atom stereocenters. The fourth-order valence-corrected chi connectivity index (χ4v) is 1.60. The van der Waals surface area contributed by atoms with Crippen molar-refractivity contribution in [2.24, 2.45) is 5.92 Å². The molecule has 0 saturated carbocycles. The van der Waals surface area contributed by atoms with Crippen LogP contribution in [0.15, 0.2) is 18.2 Å². The number of rotatable bonds is 4. The van der Waals surface area contributed by atoms with Gasteiger partial charge in [-0.1, -0.05) is 111 Å². The number of aryl methyl sites for hydroxylation is 3. The molecule has 0 aliphatic heterocycles. The van der Waals surface area contributed by atoms with Gasteiger partial charge in [0.1, 0.15) is 0 Å². The van der Waals surface area contributed by atoms with Crippen molar-refractivity contribution in [1.29, 1.82) is 0 Å². The van der Waals surface area contributed by atoms with E-state index < -0.39 is 0 Å². The summed E-state index contributed by atoms with van der Waals surface area (Å²) in [5, 5.41) is 0. The second-order valence-electron chi connectivity index (χ2n) is 6.87. The average molecular weight is 323 g/mol. The molecule has 1 aromatic carbocycles. The maximum Gasteiger partial charge on any atom is -0.0305 e. The van der Waals surface area contributed by atoms with E-state index in [1.54, 1.807) is 0 Å². The monoisotopic (exact) mass is 322 g/mol. The highest BCUT2D eigenvalue weighted by molar-refractivity contribution is 5.30. The molecular weight excluding hydrogens is 276 g/mol. The maximum absolute atomic E-state index is 2.23. The van der Waals surface area contributed by atoms with Crippen LogP contribution in [0.5, 0.6) is 0 Å². The number of unbranched alkanes of at least 4 members (excludes halogenated alkanes) is 3. The highest BCUT2D eigenvalue weighted by atomic mass is 14.0. The van der Waals surface area contributed by atoms with Gasteiger partial charge in [-0.3, -0.25) is 0 Å². The first kappa shape index (κ1) is 27.1. The van der Waals surface area contributed by atoms with Gasteiger partial charge in [-0.2, -0.15) is 0 Å². The van der Waals surface area contributed by atoms with Crippen LogP contribution >= 0.6 is 0 Å². The van der Waals surface area contributed by atoms with Gasteiger partial charge in [0.15, 0.2) is 0 Å². The van der Waals surface area contributed by atoms with Crippen molar-refractivity contribution in [2.75, 3.05) is 0 Å². The van der Waals surface area contributed by atoms with Crippen molar-refractivity contribution >= 4 is 0 Å². The van der Waals surface area contributed by atoms with E-state index in [9.17, 15) is 0 Å². The summed E-state index contributed by atoms with van der Waals surface area (Å²) < 4.78 is 0. The minimum Gasteiger partial charge on any atom is -0.0654 e. The molecule has 0 amide bonds. The van der Waals surface area contributed by atoms with E-state index in [2.05, 4.69) is 87.4 Å². The van der Waals surface area contributed by atoms with Crippen molar-refractivity contribution in [3.63, 3.8) is 0 Å². The lowest BCUT2D eigenvalue weighted by atomic mass is 10.0. The van der Waals surface area contributed by atoms with Gasteiger partial charge >= 0.3 is 0 Å². The summed E-state index contributed by atoms with van der Waals surface area (Å²) in [6.07, 6.45) is 7.86. The first-order valence-corrected chi connectivity index (χ1v) is 9.86. The molecule has 0 saturated heterocycles. The van der Waals surface area contributed by atoms with E-state index >= 15 is 0 Å². The molecule has 0 bridgehead atoms. The predicted octanol–water partition coefficient (Wildman–Crippen LogP) is 8.53. The van der Waals surface area contributed by atoms with Crippen LogP contribution in [0.3, 0.4) is 0 Å². The molecule has 1 aromatic rings. The van der Waals surface area contributed by atoms with Gasteiger partial charge in [0, 0.05) is 0 Å². The molecular formula is C23H46. The maximum atomic E-state index is 2.23. The van der Waals surface area contributed by atoms with E-state index in [1.165, 1.54) is 48.8 Å². The molecule has 0 atom stereocenters. The van der Waals surface area contributed by atoms with Gasteiger partial charge in [-0.25, -0.2) is 0 Å². The summed E-state index contributed by atoms with van der Waals surface area (Å²) in [7, 11) is 0. The number of benzene rings is 1. The first-order chi connectivity index (χ1) is 10.8. The van der Waals surface area contributed by atoms with Crippen LogP contribution in [0.1, 0.15) is 104 Å². The number of hydrogen-bond donors (Lipinski definition) is 0. The third kappa shape index (κ3) is 26.4. The van der Waals surface area contributed by atoms with Crippen LogP contribution in [0.25, 0.3) is 0 Å². The minimum absolute atomic E-state index is 0.833. The second kappa shape index (κ2) is 21.2. The van der Waals surface area contributed by atoms with E-state index in [4.69, 9.17) is 0 Å². The van der Waals surface area contributed by atoms with E-state index in [0.29, 0.717) is 0 Å². The Bertz CT molecular complexity index is 316.